The summed E-state index contributed by atoms with van der Waals surface area (Å²) in [4.78, 5) is 4.14. The molecule has 1 rings (SSSR count). The lowest BCUT2D eigenvalue weighted by Gasteiger charge is -2.03. The number of hydrogen-bond acceptors (Lipinski definition) is 1. The van der Waals surface area contributed by atoms with Gasteiger partial charge >= 0.3 is 0 Å². The van der Waals surface area contributed by atoms with Crippen molar-refractivity contribution in [2.45, 2.75) is 13.5 Å². The third-order valence-corrected chi connectivity index (χ3v) is 2.10. The van der Waals surface area contributed by atoms with Crippen LogP contribution in [0.4, 0.5) is 0 Å². The number of nitrogens with two attached hydrogens (primary N) is 1. The van der Waals surface area contributed by atoms with Crippen molar-refractivity contribution < 1.29 is 0 Å². The summed E-state index contributed by atoms with van der Waals surface area (Å²) in [6.45, 7) is 3.26. The molecule has 0 fully saturated rings. The van der Waals surface area contributed by atoms with E-state index in [1.165, 1.54) is 0 Å². The van der Waals surface area contributed by atoms with Crippen molar-refractivity contribution in [3.8, 4) is 0 Å². The Morgan fingerprint density at radius 2 is 2.13 bits per heavy atom. The van der Waals surface area contributed by atoms with Crippen LogP contribution >= 0.6 is 35.6 Å². The van der Waals surface area contributed by atoms with Crippen molar-refractivity contribution in [2.75, 3.05) is 6.54 Å². The average Bonchev–Trinajstić information content (AvgIpc) is 2.17. The van der Waals surface area contributed by atoms with Crippen LogP contribution in [0.15, 0.2) is 29.3 Å². The highest BCUT2D eigenvalue weighted by molar-refractivity contribution is 14.0. The van der Waals surface area contributed by atoms with Crippen LogP contribution in [0.25, 0.3) is 0 Å². The number of nitrogens with one attached hydrogen (secondary N) is 1. The Morgan fingerprint density at radius 3 is 2.73 bits per heavy atom. The number of guanidine groups is 1. The molecule has 0 bridgehead atoms. The van der Waals surface area contributed by atoms with Gasteiger partial charge in [0, 0.05) is 11.6 Å². The van der Waals surface area contributed by atoms with Crippen LogP contribution in [0.2, 0.25) is 5.02 Å². The first kappa shape index (κ1) is 14.5. The summed E-state index contributed by atoms with van der Waals surface area (Å²) >= 11 is 5.95. The van der Waals surface area contributed by atoms with Crippen LogP contribution < -0.4 is 11.1 Å². The van der Waals surface area contributed by atoms with E-state index < -0.39 is 0 Å². The number of nitrogens with zero attached hydrogens (tertiary/aromatic N) is 1. The first-order valence-electron chi connectivity index (χ1n) is 4.51. The maximum atomic E-state index is 5.95. The smallest absolute Gasteiger partial charge is 0.188 e. The fraction of sp³-hybridized carbons (Fsp3) is 0.300. The molecule has 3 nitrogen and oxygen atoms in total. The highest BCUT2D eigenvalue weighted by Crippen LogP contribution is 2.15. The van der Waals surface area contributed by atoms with Crippen molar-refractivity contribution in [2.24, 2.45) is 10.7 Å². The van der Waals surface area contributed by atoms with Crippen molar-refractivity contribution >= 4 is 41.5 Å². The largest absolute Gasteiger partial charge is 0.370 e. The zero-order chi connectivity index (χ0) is 10.4. The highest BCUT2D eigenvalue weighted by atomic mass is 127. The Balaban J connectivity index is 0.00000196. The van der Waals surface area contributed by atoms with E-state index in [-0.39, 0.29) is 24.0 Å². The van der Waals surface area contributed by atoms with Crippen LogP contribution in [0.1, 0.15) is 12.5 Å². The van der Waals surface area contributed by atoms with Gasteiger partial charge in [0.1, 0.15) is 0 Å². The fourth-order valence-corrected chi connectivity index (χ4v) is 1.23. The minimum Gasteiger partial charge on any atom is -0.370 e. The lowest BCUT2D eigenvalue weighted by atomic mass is 10.2. The van der Waals surface area contributed by atoms with Gasteiger partial charge in [-0.2, -0.15) is 0 Å². The summed E-state index contributed by atoms with van der Waals surface area (Å²) < 4.78 is 0. The van der Waals surface area contributed by atoms with Crippen LogP contribution in [-0.4, -0.2) is 12.5 Å². The van der Waals surface area contributed by atoms with E-state index >= 15 is 0 Å². The van der Waals surface area contributed by atoms with Gasteiger partial charge < -0.3 is 11.1 Å². The van der Waals surface area contributed by atoms with Crippen molar-refractivity contribution in [1.82, 2.24) is 5.32 Å². The molecule has 5 heteroatoms. The van der Waals surface area contributed by atoms with Gasteiger partial charge in [-0.15, -0.1) is 24.0 Å². The summed E-state index contributed by atoms with van der Waals surface area (Å²) in [7, 11) is 0. The Labute approximate surface area is 112 Å². The molecule has 0 aromatic heterocycles. The highest BCUT2D eigenvalue weighted by Gasteiger charge is 1.97. The monoisotopic (exact) mass is 339 g/mol. The molecule has 1 aromatic rings. The standard InChI is InChI=1S/C10H14ClN3.HI/c1-2-13-10(12)14-7-8-5-3-4-6-9(8)11;/h3-6H,2,7H2,1H3,(H3,12,13,14);1H. The zero-order valence-electron chi connectivity index (χ0n) is 8.53. The van der Waals surface area contributed by atoms with E-state index in [0.717, 1.165) is 17.1 Å². The summed E-state index contributed by atoms with van der Waals surface area (Å²) in [5, 5.41) is 3.64. The Morgan fingerprint density at radius 1 is 1.47 bits per heavy atom. The summed E-state index contributed by atoms with van der Waals surface area (Å²) in [5.74, 6) is 0.451. The van der Waals surface area contributed by atoms with E-state index in [4.69, 9.17) is 17.3 Å². The van der Waals surface area contributed by atoms with E-state index in [2.05, 4.69) is 10.3 Å². The fourth-order valence-electron chi connectivity index (χ4n) is 1.03. The topological polar surface area (TPSA) is 50.4 Å². The van der Waals surface area contributed by atoms with Gasteiger partial charge in [0.2, 0.25) is 0 Å². The van der Waals surface area contributed by atoms with Crippen molar-refractivity contribution in [1.29, 1.82) is 0 Å². The third kappa shape index (κ3) is 5.22. The van der Waals surface area contributed by atoms with E-state index in [9.17, 15) is 0 Å². The molecule has 0 atom stereocenters. The lowest BCUT2D eigenvalue weighted by molar-refractivity contribution is 0.925. The Bertz CT molecular complexity index is 328. The van der Waals surface area contributed by atoms with E-state index in [1.807, 2.05) is 31.2 Å². The minimum atomic E-state index is 0. The first-order valence-corrected chi connectivity index (χ1v) is 4.89. The number of aliphatic imine (C=N–C) groups is 1. The second-order valence-electron chi connectivity index (χ2n) is 2.82. The molecule has 1 aromatic carbocycles. The molecule has 0 radical (unpaired) electrons. The molecular formula is C10H15ClIN3. The maximum absolute atomic E-state index is 5.95. The SMILES string of the molecule is CCNC(N)=NCc1ccccc1Cl.I. The van der Waals surface area contributed by atoms with Gasteiger partial charge in [-0.3, -0.25) is 0 Å². The molecule has 0 aliphatic carbocycles. The predicted octanol–water partition coefficient (Wildman–Crippen LogP) is 2.38. The average molecular weight is 340 g/mol. The third-order valence-electron chi connectivity index (χ3n) is 1.74. The summed E-state index contributed by atoms with van der Waals surface area (Å²) in [6.07, 6.45) is 0. The van der Waals surface area contributed by atoms with Gasteiger partial charge in [-0.1, -0.05) is 29.8 Å². The molecule has 0 aliphatic heterocycles. The van der Waals surface area contributed by atoms with Crippen molar-refractivity contribution in [3.05, 3.63) is 34.9 Å². The van der Waals surface area contributed by atoms with Crippen LogP contribution in [0.5, 0.6) is 0 Å². The van der Waals surface area contributed by atoms with Gasteiger partial charge in [-0.05, 0) is 18.6 Å². The van der Waals surface area contributed by atoms with Gasteiger partial charge in [0.05, 0.1) is 6.54 Å². The predicted molar refractivity (Wildman–Crippen MR) is 75.9 cm³/mol. The van der Waals surface area contributed by atoms with E-state index in [0.29, 0.717) is 12.5 Å². The quantitative estimate of drug-likeness (QED) is 0.505. The number of hydrogen-bond donors (Lipinski definition) is 2. The molecule has 0 unspecified atom stereocenters. The summed E-state index contributed by atoms with van der Waals surface area (Å²) in [6, 6.07) is 7.60. The number of halogens is 2. The second-order valence-corrected chi connectivity index (χ2v) is 3.23. The molecule has 0 amide bonds. The molecular weight excluding hydrogens is 324 g/mol. The lowest BCUT2D eigenvalue weighted by Crippen LogP contribution is -2.31. The maximum Gasteiger partial charge on any atom is 0.188 e. The van der Waals surface area contributed by atoms with Crippen LogP contribution in [0, 0.1) is 0 Å². The Hall–Kier alpha value is -0.490. The van der Waals surface area contributed by atoms with Crippen molar-refractivity contribution in [3.63, 3.8) is 0 Å². The van der Waals surface area contributed by atoms with Gasteiger partial charge in [0.15, 0.2) is 5.96 Å². The zero-order valence-corrected chi connectivity index (χ0v) is 11.6. The molecule has 3 N–H and O–H groups in total. The molecule has 0 saturated heterocycles. The normalized spacial score (nSPS) is 10.7. The molecule has 0 aliphatic rings. The van der Waals surface area contributed by atoms with Gasteiger partial charge in [-0.25, -0.2) is 4.99 Å². The minimum absolute atomic E-state index is 0. The van der Waals surface area contributed by atoms with Crippen LogP contribution in [0.3, 0.4) is 0 Å². The number of benzene rings is 1. The molecule has 0 saturated carbocycles. The molecule has 0 heterocycles. The van der Waals surface area contributed by atoms with E-state index in [1.54, 1.807) is 0 Å². The first-order chi connectivity index (χ1) is 6.74. The second kappa shape index (κ2) is 7.76. The van der Waals surface area contributed by atoms with Crippen LogP contribution in [-0.2, 0) is 6.54 Å². The Kier molecular flexibility index (Phi) is 7.50. The summed E-state index contributed by atoms with van der Waals surface area (Å²) in [5.41, 5.74) is 6.56. The molecule has 15 heavy (non-hydrogen) atoms. The molecule has 0 spiro atoms. The van der Waals surface area contributed by atoms with Gasteiger partial charge in [0.25, 0.3) is 0 Å². The molecule has 84 valence electrons. The number of rotatable bonds is 3.